The monoisotopic (exact) mass is 411 g/mol. The Hall–Kier alpha value is -2.41. The van der Waals surface area contributed by atoms with E-state index in [2.05, 4.69) is 80.3 Å². The topological polar surface area (TPSA) is 70.4 Å². The van der Waals surface area contributed by atoms with Crippen LogP contribution in [0.2, 0.25) is 0 Å². The van der Waals surface area contributed by atoms with Crippen molar-refractivity contribution in [3.8, 4) is 0 Å². The van der Waals surface area contributed by atoms with Crippen molar-refractivity contribution in [3.05, 3.63) is 47.5 Å². The fourth-order valence-electron chi connectivity index (χ4n) is 4.48. The van der Waals surface area contributed by atoms with Gasteiger partial charge < -0.3 is 15.2 Å². The summed E-state index contributed by atoms with van der Waals surface area (Å²) in [5.74, 6) is 3.38. The van der Waals surface area contributed by atoms with Crippen molar-refractivity contribution in [1.29, 1.82) is 0 Å². The summed E-state index contributed by atoms with van der Waals surface area (Å²) in [7, 11) is 1.81. The molecule has 7 nitrogen and oxygen atoms in total. The molecule has 2 aromatic rings. The number of hydrogen-bond donors (Lipinski definition) is 2. The number of rotatable bonds is 8. The number of aromatic nitrogens is 3. The standard InChI is InChI=1S/C23H37N7/c1-5-22-28-27-17-30(22)11-10-25-23(24-4)26-13-20-8-6-7-9-21(20)16-29-14-18(2)12-19(3)15-29/h6-9,17-19H,5,10-16H2,1-4H3,(H2,24,25,26). The lowest BCUT2D eigenvalue weighted by molar-refractivity contribution is 0.134. The van der Waals surface area contributed by atoms with E-state index in [1.165, 1.54) is 30.6 Å². The third kappa shape index (κ3) is 6.29. The average molecular weight is 412 g/mol. The molecule has 1 aromatic carbocycles. The summed E-state index contributed by atoms with van der Waals surface area (Å²) in [5, 5.41) is 15.0. The van der Waals surface area contributed by atoms with E-state index in [4.69, 9.17) is 0 Å². The Kier molecular flexibility index (Phi) is 8.25. The van der Waals surface area contributed by atoms with Crippen LogP contribution in [-0.2, 0) is 26.1 Å². The maximum atomic E-state index is 4.37. The van der Waals surface area contributed by atoms with Gasteiger partial charge in [-0.1, -0.05) is 45.0 Å². The van der Waals surface area contributed by atoms with Crippen molar-refractivity contribution < 1.29 is 0 Å². The van der Waals surface area contributed by atoms with Crippen LogP contribution in [0, 0.1) is 11.8 Å². The van der Waals surface area contributed by atoms with Gasteiger partial charge in [-0.3, -0.25) is 9.89 Å². The minimum absolute atomic E-state index is 0.766. The second-order valence-corrected chi connectivity index (χ2v) is 8.56. The molecule has 2 unspecified atom stereocenters. The van der Waals surface area contributed by atoms with Gasteiger partial charge in [-0.25, -0.2) is 0 Å². The van der Waals surface area contributed by atoms with Crippen LogP contribution in [0.25, 0.3) is 0 Å². The van der Waals surface area contributed by atoms with Gasteiger partial charge in [0.15, 0.2) is 5.96 Å². The highest BCUT2D eigenvalue weighted by Gasteiger charge is 2.22. The second kappa shape index (κ2) is 11.1. The molecule has 30 heavy (non-hydrogen) atoms. The number of aryl methyl sites for hydroxylation is 1. The zero-order valence-corrected chi connectivity index (χ0v) is 18.9. The summed E-state index contributed by atoms with van der Waals surface area (Å²) in [6, 6.07) is 8.75. The van der Waals surface area contributed by atoms with E-state index in [9.17, 15) is 0 Å². The van der Waals surface area contributed by atoms with Crippen LogP contribution >= 0.6 is 0 Å². The first kappa shape index (κ1) is 22.3. The number of nitrogens with zero attached hydrogens (tertiary/aromatic N) is 5. The van der Waals surface area contributed by atoms with Crippen molar-refractivity contribution in [3.63, 3.8) is 0 Å². The molecule has 1 saturated heterocycles. The number of guanidine groups is 1. The van der Waals surface area contributed by atoms with Crippen LogP contribution in [0.3, 0.4) is 0 Å². The lowest BCUT2D eigenvalue weighted by atomic mass is 9.91. The lowest BCUT2D eigenvalue weighted by Gasteiger charge is -2.35. The summed E-state index contributed by atoms with van der Waals surface area (Å²) in [4.78, 5) is 6.98. The van der Waals surface area contributed by atoms with Gasteiger partial charge in [0.05, 0.1) is 0 Å². The molecule has 2 atom stereocenters. The van der Waals surface area contributed by atoms with E-state index >= 15 is 0 Å². The van der Waals surface area contributed by atoms with Gasteiger partial charge in [-0.2, -0.15) is 0 Å². The summed E-state index contributed by atoms with van der Waals surface area (Å²) < 4.78 is 2.08. The molecular formula is C23H37N7. The average Bonchev–Trinajstić information content (AvgIpc) is 3.18. The smallest absolute Gasteiger partial charge is 0.191 e. The van der Waals surface area contributed by atoms with Crippen molar-refractivity contribution in [2.24, 2.45) is 16.8 Å². The summed E-state index contributed by atoms with van der Waals surface area (Å²) in [5.41, 5.74) is 2.73. The third-order valence-corrected chi connectivity index (χ3v) is 5.78. The molecule has 164 valence electrons. The molecule has 0 amide bonds. The van der Waals surface area contributed by atoms with Gasteiger partial charge >= 0.3 is 0 Å². The Labute approximate surface area is 181 Å². The van der Waals surface area contributed by atoms with Crippen molar-refractivity contribution in [2.45, 2.75) is 53.2 Å². The molecule has 0 spiro atoms. The number of piperidine rings is 1. The van der Waals surface area contributed by atoms with Gasteiger partial charge in [-0.15, -0.1) is 10.2 Å². The maximum Gasteiger partial charge on any atom is 0.191 e. The van der Waals surface area contributed by atoms with Crippen molar-refractivity contribution in [1.82, 2.24) is 30.3 Å². The molecule has 0 radical (unpaired) electrons. The fraction of sp³-hybridized carbons (Fsp3) is 0.609. The zero-order valence-electron chi connectivity index (χ0n) is 18.9. The Morgan fingerprint density at radius 1 is 1.13 bits per heavy atom. The van der Waals surface area contributed by atoms with E-state index in [1.54, 1.807) is 6.33 Å². The lowest BCUT2D eigenvalue weighted by Crippen LogP contribution is -2.39. The number of likely N-dealkylation sites (tertiary alicyclic amines) is 1. The van der Waals surface area contributed by atoms with Gasteiger partial charge in [0.25, 0.3) is 0 Å². The normalized spacial score (nSPS) is 20.3. The molecule has 1 fully saturated rings. The molecule has 1 aliphatic rings. The molecule has 7 heteroatoms. The molecule has 0 saturated carbocycles. The summed E-state index contributed by atoms with van der Waals surface area (Å²) in [6.07, 6.45) is 4.02. The molecule has 2 heterocycles. The predicted molar refractivity (Wildman–Crippen MR) is 122 cm³/mol. The van der Waals surface area contributed by atoms with Crippen LogP contribution in [-0.4, -0.2) is 52.3 Å². The predicted octanol–water partition coefficient (Wildman–Crippen LogP) is 2.68. The van der Waals surface area contributed by atoms with Gasteiger partial charge in [-0.05, 0) is 29.4 Å². The second-order valence-electron chi connectivity index (χ2n) is 8.56. The van der Waals surface area contributed by atoms with Gasteiger partial charge in [0, 0.05) is 52.7 Å². The third-order valence-electron chi connectivity index (χ3n) is 5.78. The minimum atomic E-state index is 0.766. The molecule has 2 N–H and O–H groups in total. The molecule has 1 aliphatic heterocycles. The highest BCUT2D eigenvalue weighted by atomic mass is 15.3. The van der Waals surface area contributed by atoms with E-state index in [1.807, 2.05) is 7.05 Å². The highest BCUT2D eigenvalue weighted by molar-refractivity contribution is 5.79. The first-order valence-electron chi connectivity index (χ1n) is 11.2. The first-order chi connectivity index (χ1) is 14.6. The van der Waals surface area contributed by atoms with E-state index in [0.29, 0.717) is 0 Å². The van der Waals surface area contributed by atoms with Crippen LogP contribution in [0.4, 0.5) is 0 Å². The molecule has 0 aliphatic carbocycles. The Balaban J connectivity index is 1.51. The maximum absolute atomic E-state index is 4.37. The Morgan fingerprint density at radius 3 is 2.57 bits per heavy atom. The van der Waals surface area contributed by atoms with E-state index in [0.717, 1.165) is 56.2 Å². The van der Waals surface area contributed by atoms with Crippen LogP contribution < -0.4 is 10.6 Å². The molecule has 0 bridgehead atoms. The van der Waals surface area contributed by atoms with Crippen LogP contribution in [0.15, 0.2) is 35.6 Å². The Morgan fingerprint density at radius 2 is 1.87 bits per heavy atom. The van der Waals surface area contributed by atoms with Crippen molar-refractivity contribution in [2.75, 3.05) is 26.7 Å². The van der Waals surface area contributed by atoms with Gasteiger partial charge in [0.2, 0.25) is 0 Å². The van der Waals surface area contributed by atoms with E-state index in [-0.39, 0.29) is 0 Å². The molecular weight excluding hydrogens is 374 g/mol. The number of aliphatic imine (C=N–C) groups is 1. The number of hydrogen-bond acceptors (Lipinski definition) is 4. The van der Waals surface area contributed by atoms with Crippen LogP contribution in [0.1, 0.15) is 44.1 Å². The highest BCUT2D eigenvalue weighted by Crippen LogP contribution is 2.23. The molecule has 3 rings (SSSR count). The summed E-state index contributed by atoms with van der Waals surface area (Å²) >= 11 is 0. The SMILES string of the molecule is CCc1nncn1CCNC(=NC)NCc1ccccc1CN1CC(C)CC(C)C1. The van der Waals surface area contributed by atoms with Crippen LogP contribution in [0.5, 0.6) is 0 Å². The quantitative estimate of drug-likeness (QED) is 0.516. The summed E-state index contributed by atoms with van der Waals surface area (Å²) in [6.45, 7) is 12.6. The zero-order chi connectivity index (χ0) is 21.3. The number of benzene rings is 1. The molecule has 1 aromatic heterocycles. The fourth-order valence-corrected chi connectivity index (χ4v) is 4.48. The Bertz CT molecular complexity index is 803. The van der Waals surface area contributed by atoms with E-state index < -0.39 is 0 Å². The van der Waals surface area contributed by atoms with Gasteiger partial charge in [0.1, 0.15) is 12.2 Å². The van der Waals surface area contributed by atoms with Crippen molar-refractivity contribution >= 4 is 5.96 Å². The number of nitrogens with one attached hydrogen (secondary N) is 2. The first-order valence-corrected chi connectivity index (χ1v) is 11.2. The minimum Gasteiger partial charge on any atom is -0.355 e. The largest absolute Gasteiger partial charge is 0.355 e.